The molecule has 0 saturated carbocycles. The molecule has 1 amide bonds. The summed E-state index contributed by atoms with van der Waals surface area (Å²) in [6.07, 6.45) is -1.21. The molecule has 1 aromatic rings. The van der Waals surface area contributed by atoms with Crippen LogP contribution in [0.5, 0.6) is 5.88 Å². The average Bonchev–Trinajstić information content (AvgIpc) is 2.91. The fourth-order valence-corrected chi connectivity index (χ4v) is 3.22. The van der Waals surface area contributed by atoms with Crippen LogP contribution in [0.25, 0.3) is 0 Å². The van der Waals surface area contributed by atoms with Crippen LogP contribution in [0.2, 0.25) is 0 Å². The highest BCUT2D eigenvalue weighted by Crippen LogP contribution is 2.46. The Morgan fingerprint density at radius 3 is 2.30 bits per heavy atom. The van der Waals surface area contributed by atoms with Gasteiger partial charge >= 0.3 is 13.7 Å². The van der Waals surface area contributed by atoms with Crippen molar-refractivity contribution in [3.63, 3.8) is 0 Å². The Labute approximate surface area is 159 Å². The van der Waals surface area contributed by atoms with Crippen molar-refractivity contribution >= 4 is 19.5 Å². The number of nitrogens with one attached hydrogen (secondary N) is 1. The first-order chi connectivity index (χ1) is 12.4. The number of ketones is 1. The molecule has 0 aliphatic heterocycles. The lowest BCUT2D eigenvalue weighted by molar-refractivity contribution is -0.119. The van der Waals surface area contributed by atoms with Crippen molar-refractivity contribution in [1.29, 1.82) is 0 Å². The molecule has 0 fully saturated rings. The van der Waals surface area contributed by atoms with Crippen molar-refractivity contribution in [2.24, 2.45) is 7.05 Å². The Morgan fingerprint density at radius 1 is 1.26 bits per heavy atom. The Kier molecular flexibility index (Phi) is 8.01. The van der Waals surface area contributed by atoms with E-state index in [1.165, 1.54) is 26.0 Å². The molecule has 1 atom stereocenters. The van der Waals surface area contributed by atoms with E-state index in [1.54, 1.807) is 33.9 Å². The molecule has 0 aliphatic rings. The van der Waals surface area contributed by atoms with Crippen molar-refractivity contribution in [2.75, 3.05) is 27.5 Å². The van der Waals surface area contributed by atoms with Gasteiger partial charge in [-0.15, -0.1) is 0 Å². The first-order valence-electron chi connectivity index (χ1n) is 8.22. The van der Waals surface area contributed by atoms with Crippen LogP contribution in [-0.2, 0) is 36.6 Å². The third kappa shape index (κ3) is 7.32. The minimum atomic E-state index is -3.58. The van der Waals surface area contributed by atoms with Crippen molar-refractivity contribution in [1.82, 2.24) is 15.1 Å². The largest absolute Gasteiger partial charge is 0.481 e. The third-order valence-electron chi connectivity index (χ3n) is 3.50. The molecule has 0 aliphatic carbocycles. The van der Waals surface area contributed by atoms with Gasteiger partial charge in [-0.3, -0.25) is 9.36 Å². The molecule has 11 heteroatoms. The van der Waals surface area contributed by atoms with Gasteiger partial charge in [-0.1, -0.05) is 0 Å². The lowest BCUT2D eigenvalue weighted by Crippen LogP contribution is -2.45. The Hall–Kier alpha value is -1.90. The van der Waals surface area contributed by atoms with Crippen LogP contribution in [0.15, 0.2) is 6.07 Å². The van der Waals surface area contributed by atoms with Gasteiger partial charge in [0.2, 0.25) is 5.88 Å². The highest BCUT2D eigenvalue weighted by Gasteiger charge is 2.32. The van der Waals surface area contributed by atoms with Crippen LogP contribution < -0.4 is 10.1 Å². The van der Waals surface area contributed by atoms with E-state index in [-0.39, 0.29) is 6.42 Å². The minimum absolute atomic E-state index is 0.0582. The van der Waals surface area contributed by atoms with Gasteiger partial charge in [-0.2, -0.15) is 5.10 Å². The fourth-order valence-electron chi connectivity index (χ4n) is 2.21. The van der Waals surface area contributed by atoms with Crippen molar-refractivity contribution in [2.45, 2.75) is 38.8 Å². The second kappa shape index (κ2) is 9.34. The number of aromatic nitrogens is 2. The van der Waals surface area contributed by atoms with Crippen molar-refractivity contribution in [3.8, 4) is 5.88 Å². The van der Waals surface area contributed by atoms with Crippen LogP contribution in [0.1, 0.15) is 26.5 Å². The summed E-state index contributed by atoms with van der Waals surface area (Å²) < 4.78 is 33.8. The summed E-state index contributed by atoms with van der Waals surface area (Å²) >= 11 is 0. The first-order valence-corrected chi connectivity index (χ1v) is 9.95. The Morgan fingerprint density at radius 2 is 1.85 bits per heavy atom. The predicted octanol–water partition coefficient (Wildman–Crippen LogP) is 1.92. The van der Waals surface area contributed by atoms with Crippen LogP contribution in [0.4, 0.5) is 4.79 Å². The van der Waals surface area contributed by atoms with E-state index in [2.05, 4.69) is 10.4 Å². The van der Waals surface area contributed by atoms with Gasteiger partial charge in [0.1, 0.15) is 11.8 Å². The molecule has 0 saturated heterocycles. The highest BCUT2D eigenvalue weighted by atomic mass is 31.2. The monoisotopic (exact) mass is 405 g/mol. The summed E-state index contributed by atoms with van der Waals surface area (Å²) in [5.74, 6) is -0.0366. The number of aryl methyl sites for hydroxylation is 1. The molecule has 154 valence electrons. The van der Waals surface area contributed by atoms with Crippen LogP contribution in [0, 0.1) is 0 Å². The first kappa shape index (κ1) is 23.1. The zero-order valence-electron chi connectivity index (χ0n) is 16.8. The molecular weight excluding hydrogens is 377 g/mol. The van der Waals surface area contributed by atoms with E-state index in [1.807, 2.05) is 0 Å². The highest BCUT2D eigenvalue weighted by molar-refractivity contribution is 7.54. The zero-order valence-corrected chi connectivity index (χ0v) is 17.7. The van der Waals surface area contributed by atoms with E-state index in [0.717, 1.165) is 0 Å². The van der Waals surface area contributed by atoms with E-state index in [0.29, 0.717) is 11.6 Å². The molecule has 1 unspecified atom stereocenters. The number of hydrogen-bond acceptors (Lipinski definition) is 8. The minimum Gasteiger partial charge on any atom is -0.481 e. The molecule has 0 aromatic carbocycles. The van der Waals surface area contributed by atoms with Gasteiger partial charge in [0, 0.05) is 33.8 Å². The number of rotatable bonds is 9. The second-order valence-corrected chi connectivity index (χ2v) is 9.07. The fraction of sp³-hybridized carbons (Fsp3) is 0.688. The van der Waals surface area contributed by atoms with Gasteiger partial charge in [-0.05, 0) is 20.8 Å². The number of Topliss-reactive ketones (excluding diaryl/α,β-unsaturated/α-hetero) is 1. The maximum atomic E-state index is 12.7. The van der Waals surface area contributed by atoms with Gasteiger partial charge in [-0.25, -0.2) is 9.48 Å². The van der Waals surface area contributed by atoms with E-state index in [4.69, 9.17) is 18.5 Å². The summed E-state index contributed by atoms with van der Waals surface area (Å²) in [6.45, 7) is 5.12. The molecule has 1 N–H and O–H groups in total. The molecule has 0 spiro atoms. The number of amides is 1. The SMILES string of the molecule is COc1cc(CC(NC(=O)OC(C)(C)C)C(=O)CP(=O)(OC)OC)nn1C. The van der Waals surface area contributed by atoms with Crippen molar-refractivity contribution < 1.29 is 32.7 Å². The van der Waals surface area contributed by atoms with Crippen molar-refractivity contribution in [3.05, 3.63) is 11.8 Å². The van der Waals surface area contributed by atoms with Crippen LogP contribution >= 0.6 is 7.60 Å². The summed E-state index contributed by atoms with van der Waals surface area (Å²) in [5, 5.41) is 6.74. The van der Waals surface area contributed by atoms with E-state index < -0.39 is 37.3 Å². The van der Waals surface area contributed by atoms with Gasteiger partial charge < -0.3 is 23.8 Å². The molecule has 1 aromatic heterocycles. The lowest BCUT2D eigenvalue weighted by Gasteiger charge is -2.23. The Bertz CT molecular complexity index is 703. The van der Waals surface area contributed by atoms with E-state index >= 15 is 0 Å². The summed E-state index contributed by atoms with van der Waals surface area (Å²) in [6, 6.07) is 0.613. The number of ether oxygens (including phenoxy) is 2. The number of carbonyl (C=O) groups is 2. The third-order valence-corrected chi connectivity index (χ3v) is 5.31. The summed E-state index contributed by atoms with van der Waals surface area (Å²) in [7, 11) is 1.98. The van der Waals surface area contributed by atoms with Crippen LogP contribution in [0.3, 0.4) is 0 Å². The summed E-state index contributed by atoms with van der Waals surface area (Å²) in [4.78, 5) is 24.8. The summed E-state index contributed by atoms with van der Waals surface area (Å²) in [5.41, 5.74) is -0.228. The maximum absolute atomic E-state index is 12.7. The Balaban J connectivity index is 3.01. The number of nitrogens with zero attached hydrogens (tertiary/aromatic N) is 2. The van der Waals surface area contributed by atoms with Crippen LogP contribution in [-0.4, -0.2) is 60.8 Å². The van der Waals surface area contributed by atoms with Gasteiger partial charge in [0.05, 0.1) is 18.8 Å². The lowest BCUT2D eigenvalue weighted by atomic mass is 10.1. The topological polar surface area (TPSA) is 118 Å². The normalized spacial score (nSPS) is 13.1. The number of hydrogen-bond donors (Lipinski definition) is 1. The second-order valence-electron chi connectivity index (χ2n) is 6.81. The molecule has 27 heavy (non-hydrogen) atoms. The van der Waals surface area contributed by atoms with E-state index in [9.17, 15) is 14.2 Å². The maximum Gasteiger partial charge on any atom is 0.408 e. The predicted molar refractivity (Wildman–Crippen MR) is 98.1 cm³/mol. The molecule has 0 bridgehead atoms. The molecule has 1 heterocycles. The molecular formula is C16H28N3O7P. The smallest absolute Gasteiger partial charge is 0.408 e. The number of alkyl carbamates (subject to hydrolysis) is 1. The average molecular weight is 405 g/mol. The number of carbonyl (C=O) groups excluding carboxylic acids is 2. The zero-order chi connectivity index (χ0) is 20.8. The molecule has 10 nitrogen and oxygen atoms in total. The van der Waals surface area contributed by atoms with Gasteiger partial charge in [0.15, 0.2) is 5.78 Å². The quantitative estimate of drug-likeness (QED) is 0.619. The number of methoxy groups -OCH3 is 1. The molecule has 0 radical (unpaired) electrons. The molecule has 1 rings (SSSR count). The van der Waals surface area contributed by atoms with Gasteiger partial charge in [0.25, 0.3) is 0 Å². The standard InChI is InChI=1S/C16H28N3O7P/c1-16(2,3)26-15(21)17-12(13(20)10-27(22,24-6)25-7)8-11-9-14(23-5)19(4)18-11/h9,12H,8,10H2,1-7H3,(H,17,21).